The first-order valence-corrected chi connectivity index (χ1v) is 7.50. The third-order valence-corrected chi connectivity index (χ3v) is 4.02. The van der Waals surface area contributed by atoms with Crippen LogP contribution in [0, 0.1) is 11.8 Å². The highest BCUT2D eigenvalue weighted by Gasteiger charge is 2.36. The molecule has 7 heteroatoms. The second-order valence-corrected chi connectivity index (χ2v) is 6.13. The zero-order valence-corrected chi connectivity index (χ0v) is 13.6. The van der Waals surface area contributed by atoms with Gasteiger partial charge in [0, 0.05) is 23.8 Å². The molecule has 1 aromatic heterocycles. The lowest BCUT2D eigenvalue weighted by Crippen LogP contribution is -2.32. The number of halogens is 1. The van der Waals surface area contributed by atoms with E-state index in [4.69, 9.17) is 4.74 Å². The van der Waals surface area contributed by atoms with Crippen LogP contribution in [0.3, 0.4) is 0 Å². The Morgan fingerprint density at radius 3 is 2.86 bits per heavy atom. The molecule has 0 aromatic carbocycles. The summed E-state index contributed by atoms with van der Waals surface area (Å²) in [7, 11) is 1.39. The lowest BCUT2D eigenvalue weighted by atomic mass is 9.99. The summed E-state index contributed by atoms with van der Waals surface area (Å²) >= 11 is 3.29. The van der Waals surface area contributed by atoms with Crippen LogP contribution in [-0.2, 0) is 14.3 Å². The highest BCUT2D eigenvalue weighted by Crippen LogP contribution is 2.23. The molecule has 1 amide bonds. The minimum Gasteiger partial charge on any atom is -0.469 e. The van der Waals surface area contributed by atoms with Crippen LogP contribution in [0.15, 0.2) is 22.8 Å². The van der Waals surface area contributed by atoms with Crippen LogP contribution in [0.5, 0.6) is 0 Å². The Morgan fingerprint density at radius 1 is 1.48 bits per heavy atom. The summed E-state index contributed by atoms with van der Waals surface area (Å²) in [5.74, 6) is 0.201. The number of carbonyl (C=O) groups excluding carboxylic acids is 2. The number of hydrogen-bond acceptors (Lipinski definition) is 5. The van der Waals surface area contributed by atoms with Gasteiger partial charge in [0.1, 0.15) is 5.82 Å². The van der Waals surface area contributed by atoms with E-state index in [2.05, 4.69) is 26.2 Å². The van der Waals surface area contributed by atoms with Crippen molar-refractivity contribution in [1.29, 1.82) is 0 Å². The maximum absolute atomic E-state index is 12.0. The van der Waals surface area contributed by atoms with E-state index < -0.39 is 0 Å². The highest BCUT2D eigenvalue weighted by molar-refractivity contribution is 9.10. The van der Waals surface area contributed by atoms with Gasteiger partial charge in [0.2, 0.25) is 5.91 Å². The second kappa shape index (κ2) is 7.00. The summed E-state index contributed by atoms with van der Waals surface area (Å²) in [6.45, 7) is 3.50. The van der Waals surface area contributed by atoms with Crippen LogP contribution in [0.2, 0.25) is 0 Å². The van der Waals surface area contributed by atoms with Crippen molar-refractivity contribution in [2.45, 2.75) is 6.92 Å². The SMILES string of the molecule is COC(=O)C1CN(CC(=O)Nc2ccc(Br)cn2)CC1C. The van der Waals surface area contributed by atoms with Crippen molar-refractivity contribution in [1.82, 2.24) is 9.88 Å². The van der Waals surface area contributed by atoms with Crippen LogP contribution < -0.4 is 5.32 Å². The predicted molar refractivity (Wildman–Crippen MR) is 81.7 cm³/mol. The molecule has 2 rings (SSSR count). The van der Waals surface area contributed by atoms with E-state index in [9.17, 15) is 9.59 Å². The first kappa shape index (κ1) is 15.9. The number of carbonyl (C=O) groups is 2. The molecule has 1 fully saturated rings. The van der Waals surface area contributed by atoms with E-state index in [-0.39, 0.29) is 30.3 Å². The van der Waals surface area contributed by atoms with Crippen molar-refractivity contribution in [3.8, 4) is 0 Å². The first-order chi connectivity index (χ1) is 9.99. The average molecular weight is 356 g/mol. The minimum absolute atomic E-state index is 0.137. The van der Waals surface area contributed by atoms with Gasteiger partial charge in [-0.1, -0.05) is 6.92 Å². The molecule has 0 aliphatic carbocycles. The van der Waals surface area contributed by atoms with Gasteiger partial charge >= 0.3 is 5.97 Å². The zero-order chi connectivity index (χ0) is 15.4. The van der Waals surface area contributed by atoms with Crippen molar-refractivity contribution >= 4 is 33.6 Å². The molecule has 1 N–H and O–H groups in total. The maximum Gasteiger partial charge on any atom is 0.310 e. The third kappa shape index (κ3) is 4.25. The van der Waals surface area contributed by atoms with E-state index >= 15 is 0 Å². The Balaban J connectivity index is 1.86. The van der Waals surface area contributed by atoms with E-state index in [1.807, 2.05) is 17.9 Å². The fourth-order valence-electron chi connectivity index (χ4n) is 2.49. The number of methoxy groups -OCH3 is 1. The maximum atomic E-state index is 12.0. The summed E-state index contributed by atoms with van der Waals surface area (Å²) in [4.78, 5) is 29.7. The van der Waals surface area contributed by atoms with Crippen molar-refractivity contribution in [2.75, 3.05) is 32.1 Å². The highest BCUT2D eigenvalue weighted by atomic mass is 79.9. The number of aromatic nitrogens is 1. The molecule has 1 aliphatic rings. The first-order valence-electron chi connectivity index (χ1n) is 6.71. The predicted octanol–water partition coefficient (Wildman–Crippen LogP) is 1.52. The fourth-order valence-corrected chi connectivity index (χ4v) is 2.72. The monoisotopic (exact) mass is 355 g/mol. The molecular formula is C14H18BrN3O3. The normalized spacial score (nSPS) is 22.0. The van der Waals surface area contributed by atoms with Gasteiger partial charge in [-0.25, -0.2) is 4.98 Å². The summed E-state index contributed by atoms with van der Waals surface area (Å²) < 4.78 is 5.64. The lowest BCUT2D eigenvalue weighted by Gasteiger charge is -2.14. The zero-order valence-electron chi connectivity index (χ0n) is 12.0. The summed E-state index contributed by atoms with van der Waals surface area (Å²) in [6.07, 6.45) is 1.63. The van der Waals surface area contributed by atoms with Gasteiger partial charge in [-0.3, -0.25) is 14.5 Å². The Hall–Kier alpha value is -1.47. The van der Waals surface area contributed by atoms with Gasteiger partial charge in [-0.05, 0) is 34.0 Å². The van der Waals surface area contributed by atoms with Crippen molar-refractivity contribution in [3.63, 3.8) is 0 Å². The van der Waals surface area contributed by atoms with Gasteiger partial charge < -0.3 is 10.1 Å². The minimum atomic E-state index is -0.208. The summed E-state index contributed by atoms with van der Waals surface area (Å²) in [5.41, 5.74) is 0. The van der Waals surface area contributed by atoms with Gasteiger partial charge in [0.25, 0.3) is 0 Å². The van der Waals surface area contributed by atoms with E-state index in [0.29, 0.717) is 18.9 Å². The molecule has 2 atom stereocenters. The van der Waals surface area contributed by atoms with Crippen molar-refractivity contribution < 1.29 is 14.3 Å². The van der Waals surface area contributed by atoms with Gasteiger partial charge in [0.15, 0.2) is 0 Å². The second-order valence-electron chi connectivity index (χ2n) is 5.21. The molecule has 0 saturated carbocycles. The molecule has 1 aromatic rings. The quantitative estimate of drug-likeness (QED) is 0.829. The molecule has 21 heavy (non-hydrogen) atoms. The lowest BCUT2D eigenvalue weighted by molar-refractivity contribution is -0.146. The van der Waals surface area contributed by atoms with E-state index in [0.717, 1.165) is 4.47 Å². The number of likely N-dealkylation sites (tertiary alicyclic amines) is 1. The Labute approximate surface area is 132 Å². The number of esters is 1. The van der Waals surface area contributed by atoms with Crippen LogP contribution in [0.4, 0.5) is 5.82 Å². The van der Waals surface area contributed by atoms with Gasteiger partial charge in [-0.15, -0.1) is 0 Å². The van der Waals surface area contributed by atoms with Crippen LogP contribution in [0.1, 0.15) is 6.92 Å². The number of pyridine rings is 1. The molecule has 0 radical (unpaired) electrons. The number of anilines is 1. The standard InChI is InChI=1S/C14H18BrN3O3/c1-9-6-18(7-11(9)14(20)21-2)8-13(19)17-12-4-3-10(15)5-16-12/h3-5,9,11H,6-8H2,1-2H3,(H,16,17,19). The number of nitrogens with zero attached hydrogens (tertiary/aromatic N) is 2. The molecular weight excluding hydrogens is 338 g/mol. The average Bonchev–Trinajstić information content (AvgIpc) is 2.81. The molecule has 114 valence electrons. The molecule has 2 unspecified atom stereocenters. The molecule has 6 nitrogen and oxygen atoms in total. The van der Waals surface area contributed by atoms with Crippen LogP contribution in [0.25, 0.3) is 0 Å². The van der Waals surface area contributed by atoms with Crippen LogP contribution >= 0.6 is 15.9 Å². The number of rotatable bonds is 4. The number of ether oxygens (including phenoxy) is 1. The van der Waals surface area contributed by atoms with E-state index in [1.54, 1.807) is 12.3 Å². The number of amides is 1. The molecule has 1 aliphatic heterocycles. The largest absolute Gasteiger partial charge is 0.469 e. The van der Waals surface area contributed by atoms with Gasteiger partial charge in [-0.2, -0.15) is 0 Å². The third-order valence-electron chi connectivity index (χ3n) is 3.55. The number of hydrogen-bond donors (Lipinski definition) is 1. The number of nitrogens with one attached hydrogen (secondary N) is 1. The van der Waals surface area contributed by atoms with E-state index in [1.165, 1.54) is 7.11 Å². The van der Waals surface area contributed by atoms with Crippen molar-refractivity contribution in [2.24, 2.45) is 11.8 Å². The van der Waals surface area contributed by atoms with Gasteiger partial charge in [0.05, 0.1) is 19.6 Å². The van der Waals surface area contributed by atoms with Crippen molar-refractivity contribution in [3.05, 3.63) is 22.8 Å². The molecule has 0 bridgehead atoms. The van der Waals surface area contributed by atoms with Crippen LogP contribution in [-0.4, -0.2) is 48.5 Å². The Morgan fingerprint density at radius 2 is 2.24 bits per heavy atom. The molecule has 2 heterocycles. The molecule has 1 saturated heterocycles. The Kier molecular flexibility index (Phi) is 5.30. The summed E-state index contributed by atoms with van der Waals surface area (Å²) in [5, 5.41) is 2.74. The summed E-state index contributed by atoms with van der Waals surface area (Å²) in [6, 6.07) is 3.54. The fraction of sp³-hybridized carbons (Fsp3) is 0.500. The topological polar surface area (TPSA) is 71.5 Å². The molecule has 0 spiro atoms. The smallest absolute Gasteiger partial charge is 0.310 e. The Bertz CT molecular complexity index is 521.